The number of ketones is 1. The molecule has 2 rings (SSSR count). The number of hydrogen-bond donors (Lipinski definition) is 0. The van der Waals surface area contributed by atoms with Crippen LogP contribution in [0.2, 0.25) is 0 Å². The fourth-order valence-corrected chi connectivity index (χ4v) is 1.95. The minimum atomic E-state index is -0.506. The summed E-state index contributed by atoms with van der Waals surface area (Å²) in [7, 11) is 4.41. The van der Waals surface area contributed by atoms with E-state index in [4.69, 9.17) is 14.2 Å². The third-order valence-electron chi connectivity index (χ3n) is 3.02. The van der Waals surface area contributed by atoms with Crippen LogP contribution >= 0.6 is 0 Å². The third kappa shape index (κ3) is 3.13. The molecular weight excluding hydrogens is 275 g/mol. The van der Waals surface area contributed by atoms with Crippen LogP contribution in [0, 0.1) is 5.82 Å². The second kappa shape index (κ2) is 6.26. The first-order chi connectivity index (χ1) is 10.1. The van der Waals surface area contributed by atoms with Gasteiger partial charge < -0.3 is 14.2 Å². The topological polar surface area (TPSA) is 44.8 Å². The standard InChI is InChI=1S/C16H15FO4/c1-19-12-6-10(7-13(9-12)20-2)16(18)14-8-11(17)4-5-15(14)21-3/h4-9H,1-3H3. The highest BCUT2D eigenvalue weighted by Crippen LogP contribution is 2.27. The summed E-state index contributed by atoms with van der Waals surface area (Å²) in [6.45, 7) is 0. The van der Waals surface area contributed by atoms with Gasteiger partial charge in [-0.15, -0.1) is 0 Å². The largest absolute Gasteiger partial charge is 0.497 e. The highest BCUT2D eigenvalue weighted by atomic mass is 19.1. The summed E-state index contributed by atoms with van der Waals surface area (Å²) in [6, 6.07) is 8.58. The monoisotopic (exact) mass is 290 g/mol. The molecule has 21 heavy (non-hydrogen) atoms. The highest BCUT2D eigenvalue weighted by molar-refractivity contribution is 6.11. The summed E-state index contributed by atoms with van der Waals surface area (Å²) in [6.07, 6.45) is 0. The molecule has 0 heterocycles. The Hall–Kier alpha value is -2.56. The molecule has 0 aliphatic carbocycles. The average molecular weight is 290 g/mol. The van der Waals surface area contributed by atoms with Crippen molar-refractivity contribution in [3.05, 3.63) is 53.3 Å². The molecule has 5 heteroatoms. The lowest BCUT2D eigenvalue weighted by molar-refractivity contribution is 0.103. The molecule has 0 aliphatic rings. The number of methoxy groups -OCH3 is 3. The predicted octanol–water partition coefficient (Wildman–Crippen LogP) is 3.08. The quantitative estimate of drug-likeness (QED) is 0.794. The normalized spacial score (nSPS) is 10.1. The fraction of sp³-hybridized carbons (Fsp3) is 0.188. The van der Waals surface area contributed by atoms with Gasteiger partial charge in [0.2, 0.25) is 0 Å². The summed E-state index contributed by atoms with van der Waals surface area (Å²) in [5, 5.41) is 0. The van der Waals surface area contributed by atoms with Crippen molar-refractivity contribution in [1.82, 2.24) is 0 Å². The first-order valence-electron chi connectivity index (χ1n) is 6.20. The number of rotatable bonds is 5. The fourth-order valence-electron chi connectivity index (χ4n) is 1.95. The van der Waals surface area contributed by atoms with Crippen LogP contribution in [0.5, 0.6) is 17.2 Å². The second-order valence-electron chi connectivity index (χ2n) is 4.28. The molecule has 4 nitrogen and oxygen atoms in total. The molecular formula is C16H15FO4. The first kappa shape index (κ1) is 14.8. The van der Waals surface area contributed by atoms with Gasteiger partial charge in [-0.25, -0.2) is 4.39 Å². The smallest absolute Gasteiger partial charge is 0.197 e. The molecule has 0 aliphatic heterocycles. The van der Waals surface area contributed by atoms with Crippen molar-refractivity contribution >= 4 is 5.78 Å². The van der Waals surface area contributed by atoms with E-state index in [1.165, 1.54) is 33.5 Å². The molecule has 0 N–H and O–H groups in total. The molecule has 2 aromatic carbocycles. The minimum absolute atomic E-state index is 0.146. The molecule has 0 saturated carbocycles. The summed E-state index contributed by atoms with van der Waals surface area (Å²) < 4.78 is 28.8. The van der Waals surface area contributed by atoms with E-state index in [1.54, 1.807) is 18.2 Å². The Morgan fingerprint density at radius 3 is 2.05 bits per heavy atom. The zero-order valence-corrected chi connectivity index (χ0v) is 12.0. The zero-order valence-electron chi connectivity index (χ0n) is 12.0. The van der Waals surface area contributed by atoms with Gasteiger partial charge in [0.15, 0.2) is 5.78 Å². The molecule has 0 bridgehead atoms. The molecule has 0 fully saturated rings. The Morgan fingerprint density at radius 2 is 1.52 bits per heavy atom. The second-order valence-corrected chi connectivity index (χ2v) is 4.28. The van der Waals surface area contributed by atoms with Crippen molar-refractivity contribution in [2.45, 2.75) is 0 Å². The number of halogens is 1. The molecule has 0 spiro atoms. The van der Waals surface area contributed by atoms with Gasteiger partial charge in [-0.1, -0.05) is 0 Å². The van der Waals surface area contributed by atoms with E-state index >= 15 is 0 Å². The SMILES string of the molecule is COc1cc(OC)cc(C(=O)c2cc(F)ccc2OC)c1. The molecule has 0 unspecified atom stereocenters. The lowest BCUT2D eigenvalue weighted by Crippen LogP contribution is -2.05. The van der Waals surface area contributed by atoms with Gasteiger partial charge in [0.1, 0.15) is 23.1 Å². The molecule has 0 amide bonds. The van der Waals surface area contributed by atoms with E-state index in [9.17, 15) is 9.18 Å². The number of benzene rings is 2. The third-order valence-corrected chi connectivity index (χ3v) is 3.02. The van der Waals surface area contributed by atoms with Crippen molar-refractivity contribution < 1.29 is 23.4 Å². The van der Waals surface area contributed by atoms with Crippen LogP contribution in [-0.4, -0.2) is 27.1 Å². The maximum Gasteiger partial charge on any atom is 0.197 e. The summed E-state index contributed by atoms with van der Waals surface area (Å²) >= 11 is 0. The van der Waals surface area contributed by atoms with Crippen LogP contribution in [0.4, 0.5) is 4.39 Å². The van der Waals surface area contributed by atoms with Gasteiger partial charge in [-0.2, -0.15) is 0 Å². The number of ether oxygens (including phenoxy) is 3. The molecule has 0 saturated heterocycles. The van der Waals surface area contributed by atoms with Crippen molar-refractivity contribution in [3.63, 3.8) is 0 Å². The van der Waals surface area contributed by atoms with E-state index in [0.29, 0.717) is 22.8 Å². The Balaban J connectivity index is 2.51. The van der Waals surface area contributed by atoms with E-state index < -0.39 is 5.82 Å². The van der Waals surface area contributed by atoms with Gasteiger partial charge >= 0.3 is 0 Å². The Bertz CT molecular complexity index is 645. The number of carbonyl (C=O) groups is 1. The van der Waals surface area contributed by atoms with E-state index in [2.05, 4.69) is 0 Å². The van der Waals surface area contributed by atoms with Gasteiger partial charge in [-0.3, -0.25) is 4.79 Å². The lowest BCUT2D eigenvalue weighted by atomic mass is 10.0. The highest BCUT2D eigenvalue weighted by Gasteiger charge is 2.17. The van der Waals surface area contributed by atoms with Crippen molar-refractivity contribution in [2.75, 3.05) is 21.3 Å². The maximum absolute atomic E-state index is 13.4. The Morgan fingerprint density at radius 1 is 0.905 bits per heavy atom. The number of carbonyl (C=O) groups excluding carboxylic acids is 1. The molecule has 0 radical (unpaired) electrons. The van der Waals surface area contributed by atoms with Crippen LogP contribution in [0.3, 0.4) is 0 Å². The van der Waals surface area contributed by atoms with E-state index in [-0.39, 0.29) is 11.3 Å². The van der Waals surface area contributed by atoms with Crippen LogP contribution in [0.15, 0.2) is 36.4 Å². The van der Waals surface area contributed by atoms with Crippen molar-refractivity contribution in [2.24, 2.45) is 0 Å². The summed E-state index contributed by atoms with van der Waals surface area (Å²) in [4.78, 5) is 12.6. The Kier molecular flexibility index (Phi) is 4.42. The van der Waals surface area contributed by atoms with E-state index in [1.807, 2.05) is 0 Å². The maximum atomic E-state index is 13.4. The van der Waals surface area contributed by atoms with Crippen LogP contribution in [0.25, 0.3) is 0 Å². The summed E-state index contributed by atoms with van der Waals surface area (Å²) in [5.74, 6) is 0.391. The van der Waals surface area contributed by atoms with Gasteiger partial charge in [0.25, 0.3) is 0 Å². The van der Waals surface area contributed by atoms with Crippen LogP contribution in [-0.2, 0) is 0 Å². The van der Waals surface area contributed by atoms with Crippen molar-refractivity contribution in [1.29, 1.82) is 0 Å². The lowest BCUT2D eigenvalue weighted by Gasteiger charge is -2.10. The minimum Gasteiger partial charge on any atom is -0.497 e. The predicted molar refractivity (Wildman–Crippen MR) is 75.9 cm³/mol. The van der Waals surface area contributed by atoms with Crippen LogP contribution < -0.4 is 14.2 Å². The number of hydrogen-bond acceptors (Lipinski definition) is 4. The zero-order chi connectivity index (χ0) is 15.4. The molecule has 2 aromatic rings. The van der Waals surface area contributed by atoms with Gasteiger partial charge in [0, 0.05) is 11.6 Å². The van der Waals surface area contributed by atoms with Crippen LogP contribution in [0.1, 0.15) is 15.9 Å². The molecule has 0 atom stereocenters. The average Bonchev–Trinajstić information content (AvgIpc) is 2.53. The van der Waals surface area contributed by atoms with Gasteiger partial charge in [0.05, 0.1) is 26.9 Å². The Labute approximate surface area is 122 Å². The van der Waals surface area contributed by atoms with Crippen molar-refractivity contribution in [3.8, 4) is 17.2 Å². The molecule has 0 aromatic heterocycles. The summed E-state index contributed by atoms with van der Waals surface area (Å²) in [5.41, 5.74) is 0.475. The molecule has 110 valence electrons. The van der Waals surface area contributed by atoms with E-state index in [0.717, 1.165) is 6.07 Å². The van der Waals surface area contributed by atoms with Gasteiger partial charge in [-0.05, 0) is 30.3 Å². The first-order valence-corrected chi connectivity index (χ1v) is 6.20.